The monoisotopic (exact) mass is 274 g/mol. The lowest BCUT2D eigenvalue weighted by molar-refractivity contribution is -0.124. The molecule has 1 heterocycles. The number of ether oxygens (including phenoxy) is 1. The summed E-state index contributed by atoms with van der Waals surface area (Å²) in [7, 11) is 0. The van der Waals surface area contributed by atoms with E-state index in [4.69, 9.17) is 4.74 Å². The van der Waals surface area contributed by atoms with Gasteiger partial charge in [-0.2, -0.15) is 0 Å². The van der Waals surface area contributed by atoms with E-state index in [-0.39, 0.29) is 11.9 Å². The maximum atomic E-state index is 12.3. The Kier molecular flexibility index (Phi) is 3.58. The standard InChI is InChI=1S/C15H18N2O3/c18-14(16-11-8-4-5-9-11)12-13(20-15(19)17-12)10-6-2-1-3-7-10/h1-3,6-7,11-13H,4-5,8-9H2,(H,16,18)(H,17,19). The van der Waals surface area contributed by atoms with E-state index >= 15 is 0 Å². The summed E-state index contributed by atoms with van der Waals surface area (Å²) in [4.78, 5) is 23.8. The zero-order chi connectivity index (χ0) is 13.9. The van der Waals surface area contributed by atoms with Crippen LogP contribution in [-0.4, -0.2) is 24.1 Å². The average Bonchev–Trinajstić information content (AvgIpc) is 3.09. The summed E-state index contributed by atoms with van der Waals surface area (Å²) in [6.07, 6.45) is 3.25. The number of hydrogen-bond donors (Lipinski definition) is 2. The van der Waals surface area contributed by atoms with Crippen LogP contribution in [0.15, 0.2) is 30.3 Å². The van der Waals surface area contributed by atoms with Crippen LogP contribution in [0, 0.1) is 0 Å². The van der Waals surface area contributed by atoms with Crippen molar-refractivity contribution in [2.75, 3.05) is 0 Å². The number of hydrogen-bond acceptors (Lipinski definition) is 3. The van der Waals surface area contributed by atoms with Gasteiger partial charge in [0.05, 0.1) is 0 Å². The maximum absolute atomic E-state index is 12.3. The molecule has 1 aromatic rings. The molecule has 0 spiro atoms. The van der Waals surface area contributed by atoms with Gasteiger partial charge in [-0.05, 0) is 18.4 Å². The number of benzene rings is 1. The Morgan fingerprint density at radius 2 is 1.90 bits per heavy atom. The third-order valence-corrected chi connectivity index (χ3v) is 3.92. The lowest BCUT2D eigenvalue weighted by atomic mass is 10.0. The summed E-state index contributed by atoms with van der Waals surface area (Å²) in [6.45, 7) is 0. The highest BCUT2D eigenvalue weighted by Crippen LogP contribution is 2.27. The lowest BCUT2D eigenvalue weighted by Crippen LogP contribution is -2.47. The number of amides is 2. The molecule has 2 atom stereocenters. The predicted octanol–water partition coefficient (Wildman–Crippen LogP) is 1.89. The van der Waals surface area contributed by atoms with E-state index in [1.54, 1.807) is 0 Å². The van der Waals surface area contributed by atoms with Gasteiger partial charge in [-0.1, -0.05) is 43.2 Å². The Bertz CT molecular complexity index is 497. The summed E-state index contributed by atoms with van der Waals surface area (Å²) in [5, 5.41) is 5.61. The second-order valence-corrected chi connectivity index (χ2v) is 5.35. The minimum Gasteiger partial charge on any atom is -0.439 e. The number of rotatable bonds is 3. The molecule has 1 saturated heterocycles. The molecule has 1 aliphatic carbocycles. The van der Waals surface area contributed by atoms with E-state index in [0.29, 0.717) is 0 Å². The molecular weight excluding hydrogens is 256 g/mol. The van der Waals surface area contributed by atoms with E-state index in [1.807, 2.05) is 30.3 Å². The number of alkyl carbamates (subject to hydrolysis) is 1. The Hall–Kier alpha value is -2.04. The van der Waals surface area contributed by atoms with Gasteiger partial charge in [0.1, 0.15) is 0 Å². The molecular formula is C15H18N2O3. The zero-order valence-corrected chi connectivity index (χ0v) is 11.2. The first-order valence-corrected chi connectivity index (χ1v) is 7.06. The van der Waals surface area contributed by atoms with Crippen LogP contribution in [0.5, 0.6) is 0 Å². The van der Waals surface area contributed by atoms with Gasteiger partial charge in [0, 0.05) is 6.04 Å². The van der Waals surface area contributed by atoms with Crippen molar-refractivity contribution in [2.24, 2.45) is 0 Å². The van der Waals surface area contributed by atoms with Crippen LogP contribution in [0.25, 0.3) is 0 Å². The Balaban J connectivity index is 1.72. The summed E-state index contributed by atoms with van der Waals surface area (Å²) >= 11 is 0. The molecule has 2 N–H and O–H groups in total. The Morgan fingerprint density at radius 1 is 1.20 bits per heavy atom. The van der Waals surface area contributed by atoms with E-state index in [9.17, 15) is 9.59 Å². The topological polar surface area (TPSA) is 67.4 Å². The first-order valence-electron chi connectivity index (χ1n) is 7.06. The molecule has 5 nitrogen and oxygen atoms in total. The quantitative estimate of drug-likeness (QED) is 0.884. The first-order chi connectivity index (χ1) is 9.74. The van der Waals surface area contributed by atoms with Crippen molar-refractivity contribution in [3.8, 4) is 0 Å². The van der Waals surface area contributed by atoms with Gasteiger partial charge >= 0.3 is 6.09 Å². The smallest absolute Gasteiger partial charge is 0.408 e. The second-order valence-electron chi connectivity index (χ2n) is 5.35. The van der Waals surface area contributed by atoms with Gasteiger partial charge < -0.3 is 15.4 Å². The van der Waals surface area contributed by atoms with Crippen LogP contribution in [0.3, 0.4) is 0 Å². The lowest BCUT2D eigenvalue weighted by Gasteiger charge is -2.19. The Labute approximate surface area is 117 Å². The van der Waals surface area contributed by atoms with E-state index < -0.39 is 18.2 Å². The highest BCUT2D eigenvalue weighted by atomic mass is 16.6. The van der Waals surface area contributed by atoms with Gasteiger partial charge in [0.15, 0.2) is 12.1 Å². The average molecular weight is 274 g/mol. The number of cyclic esters (lactones) is 1. The fourth-order valence-electron chi connectivity index (χ4n) is 2.89. The van der Waals surface area contributed by atoms with Gasteiger partial charge in [0.2, 0.25) is 5.91 Å². The number of nitrogens with one attached hydrogen (secondary N) is 2. The highest BCUT2D eigenvalue weighted by Gasteiger charge is 2.40. The minimum absolute atomic E-state index is 0.156. The zero-order valence-electron chi connectivity index (χ0n) is 11.2. The van der Waals surface area contributed by atoms with Gasteiger partial charge in [-0.3, -0.25) is 4.79 Å². The van der Waals surface area contributed by atoms with Crippen LogP contribution >= 0.6 is 0 Å². The van der Waals surface area contributed by atoms with E-state index in [2.05, 4.69) is 10.6 Å². The van der Waals surface area contributed by atoms with Crippen LogP contribution in [-0.2, 0) is 9.53 Å². The van der Waals surface area contributed by atoms with Gasteiger partial charge in [-0.25, -0.2) is 4.79 Å². The second kappa shape index (κ2) is 5.53. The molecule has 1 aromatic carbocycles. The van der Waals surface area contributed by atoms with Gasteiger partial charge in [0.25, 0.3) is 0 Å². The maximum Gasteiger partial charge on any atom is 0.408 e. The summed E-state index contributed by atoms with van der Waals surface area (Å²) < 4.78 is 5.23. The van der Waals surface area contributed by atoms with Crippen molar-refractivity contribution in [1.82, 2.24) is 10.6 Å². The van der Waals surface area contributed by atoms with Crippen molar-refractivity contribution in [3.63, 3.8) is 0 Å². The van der Waals surface area contributed by atoms with Crippen molar-refractivity contribution in [2.45, 2.75) is 43.9 Å². The molecule has 2 fully saturated rings. The fraction of sp³-hybridized carbons (Fsp3) is 0.467. The molecule has 2 amide bonds. The molecule has 3 rings (SSSR count). The summed E-state index contributed by atoms with van der Waals surface area (Å²) in [5.41, 5.74) is 0.831. The van der Waals surface area contributed by atoms with Crippen molar-refractivity contribution in [1.29, 1.82) is 0 Å². The molecule has 2 unspecified atom stereocenters. The summed E-state index contributed by atoms with van der Waals surface area (Å²) in [6, 6.07) is 8.94. The van der Waals surface area contributed by atoms with Gasteiger partial charge in [-0.15, -0.1) is 0 Å². The molecule has 20 heavy (non-hydrogen) atoms. The molecule has 1 aliphatic heterocycles. The number of carbonyl (C=O) groups is 2. The fourth-order valence-corrected chi connectivity index (χ4v) is 2.89. The third-order valence-electron chi connectivity index (χ3n) is 3.92. The largest absolute Gasteiger partial charge is 0.439 e. The first kappa shape index (κ1) is 13.0. The van der Waals surface area contributed by atoms with Crippen LogP contribution in [0.2, 0.25) is 0 Å². The molecule has 0 bridgehead atoms. The SMILES string of the molecule is O=C1NC(C(=O)NC2CCCC2)C(c2ccccc2)O1. The van der Waals surface area contributed by atoms with Crippen molar-refractivity contribution >= 4 is 12.0 Å². The molecule has 0 radical (unpaired) electrons. The van der Waals surface area contributed by atoms with Crippen LogP contribution in [0.1, 0.15) is 37.4 Å². The van der Waals surface area contributed by atoms with Crippen LogP contribution < -0.4 is 10.6 Å². The normalized spacial score (nSPS) is 26.1. The molecule has 1 saturated carbocycles. The van der Waals surface area contributed by atoms with Crippen LogP contribution in [0.4, 0.5) is 4.79 Å². The van der Waals surface area contributed by atoms with E-state index in [0.717, 1.165) is 31.2 Å². The summed E-state index contributed by atoms with van der Waals surface area (Å²) in [5.74, 6) is -0.156. The van der Waals surface area contributed by atoms with Crippen molar-refractivity contribution < 1.29 is 14.3 Å². The van der Waals surface area contributed by atoms with Crippen molar-refractivity contribution in [3.05, 3.63) is 35.9 Å². The predicted molar refractivity (Wildman–Crippen MR) is 73.0 cm³/mol. The number of carbonyl (C=O) groups excluding carboxylic acids is 2. The highest BCUT2D eigenvalue weighted by molar-refractivity contribution is 5.89. The Morgan fingerprint density at radius 3 is 2.60 bits per heavy atom. The molecule has 5 heteroatoms. The molecule has 2 aliphatic rings. The van der Waals surface area contributed by atoms with E-state index in [1.165, 1.54) is 0 Å². The molecule has 106 valence electrons. The third kappa shape index (κ3) is 2.61. The molecule has 0 aromatic heterocycles. The minimum atomic E-state index is -0.648.